The summed E-state index contributed by atoms with van der Waals surface area (Å²) in [5, 5.41) is 8.76. The van der Waals surface area contributed by atoms with Gasteiger partial charge in [-0.2, -0.15) is 0 Å². The van der Waals surface area contributed by atoms with E-state index in [0.717, 1.165) is 20.8 Å². The van der Waals surface area contributed by atoms with Crippen LogP contribution in [0, 0.1) is 0 Å². The second kappa shape index (κ2) is 9.63. The average Bonchev–Trinajstić information content (AvgIpc) is 3.18. The lowest BCUT2D eigenvalue weighted by Gasteiger charge is -2.11. The molecule has 3 amide bonds. The monoisotopic (exact) mass is 448 g/mol. The van der Waals surface area contributed by atoms with Crippen LogP contribution in [0.4, 0.5) is 21.3 Å². The number of carbonyl (C=O) groups is 2. The smallest absolute Gasteiger partial charge is 0.308 e. The number of benzene rings is 3. The highest BCUT2D eigenvalue weighted by Gasteiger charge is 2.16. The van der Waals surface area contributed by atoms with Crippen LogP contribution in [-0.2, 0) is 4.79 Å². The number of hydrogen-bond donors (Lipinski definition) is 3. The second-order valence-corrected chi connectivity index (χ2v) is 9.15. The van der Waals surface area contributed by atoms with Crippen LogP contribution in [0.2, 0.25) is 0 Å². The summed E-state index contributed by atoms with van der Waals surface area (Å²) in [7, 11) is 0. The molecular weight excluding hydrogens is 428 g/mol. The first-order valence-electron chi connectivity index (χ1n) is 9.63. The lowest BCUT2D eigenvalue weighted by molar-refractivity contribution is -0.115. The number of thioether (sulfide) groups is 1. The van der Waals surface area contributed by atoms with Crippen LogP contribution in [0.15, 0.2) is 83.8 Å². The van der Waals surface area contributed by atoms with Crippen LogP contribution in [0.25, 0.3) is 10.2 Å². The van der Waals surface area contributed by atoms with E-state index in [1.165, 1.54) is 23.1 Å². The maximum Gasteiger partial charge on any atom is 0.323 e. The Hall–Kier alpha value is -3.36. The van der Waals surface area contributed by atoms with E-state index >= 15 is 0 Å². The quantitative estimate of drug-likeness (QED) is 0.313. The summed E-state index contributed by atoms with van der Waals surface area (Å²) in [6.45, 7) is 1.85. The number of thiazole rings is 1. The van der Waals surface area contributed by atoms with E-state index in [4.69, 9.17) is 0 Å². The Morgan fingerprint density at radius 2 is 1.48 bits per heavy atom. The average molecular weight is 449 g/mol. The van der Waals surface area contributed by atoms with E-state index < -0.39 is 0 Å². The molecule has 0 aliphatic carbocycles. The van der Waals surface area contributed by atoms with Gasteiger partial charge in [-0.05, 0) is 55.5 Å². The van der Waals surface area contributed by atoms with Crippen molar-refractivity contribution in [2.45, 2.75) is 17.1 Å². The number of fused-ring (bicyclic) bond motifs is 1. The Morgan fingerprint density at radius 1 is 0.839 bits per heavy atom. The predicted octanol–water partition coefficient (Wildman–Crippen LogP) is 6.06. The second-order valence-electron chi connectivity index (χ2n) is 6.71. The number of nitrogens with zero attached hydrogens (tertiary/aromatic N) is 1. The molecule has 3 N–H and O–H groups in total. The van der Waals surface area contributed by atoms with Crippen molar-refractivity contribution in [3.63, 3.8) is 0 Å². The van der Waals surface area contributed by atoms with Crippen molar-refractivity contribution in [2.75, 3.05) is 16.0 Å². The van der Waals surface area contributed by atoms with E-state index in [0.29, 0.717) is 10.8 Å². The van der Waals surface area contributed by atoms with Crippen molar-refractivity contribution in [3.8, 4) is 0 Å². The minimum Gasteiger partial charge on any atom is -0.308 e. The Morgan fingerprint density at radius 3 is 2.19 bits per heavy atom. The van der Waals surface area contributed by atoms with E-state index in [9.17, 15) is 9.59 Å². The molecule has 1 aromatic heterocycles. The molecule has 3 aromatic carbocycles. The van der Waals surface area contributed by atoms with Gasteiger partial charge in [0.05, 0.1) is 15.5 Å². The van der Waals surface area contributed by atoms with Gasteiger partial charge in [-0.1, -0.05) is 41.7 Å². The first-order chi connectivity index (χ1) is 15.1. The van der Waals surface area contributed by atoms with Gasteiger partial charge in [0.15, 0.2) is 5.13 Å². The molecule has 156 valence electrons. The molecule has 6 nitrogen and oxygen atoms in total. The largest absolute Gasteiger partial charge is 0.323 e. The Bertz CT molecular complexity index is 1160. The molecular formula is C23H20N4O2S2. The Kier molecular flexibility index (Phi) is 6.49. The lowest BCUT2D eigenvalue weighted by Crippen LogP contribution is -2.22. The Labute approximate surface area is 188 Å². The summed E-state index contributed by atoms with van der Waals surface area (Å²) >= 11 is 2.90. The molecule has 1 atom stereocenters. The predicted molar refractivity (Wildman–Crippen MR) is 129 cm³/mol. The minimum atomic E-state index is -0.310. The molecule has 0 saturated heterocycles. The van der Waals surface area contributed by atoms with Crippen LogP contribution in [-0.4, -0.2) is 22.2 Å². The van der Waals surface area contributed by atoms with Gasteiger partial charge >= 0.3 is 6.03 Å². The number of aromatic nitrogens is 1. The molecule has 8 heteroatoms. The molecule has 0 saturated carbocycles. The fraction of sp³-hybridized carbons (Fsp3) is 0.0870. The van der Waals surface area contributed by atoms with Gasteiger partial charge < -0.3 is 16.0 Å². The number of anilines is 3. The number of amides is 3. The van der Waals surface area contributed by atoms with Crippen molar-refractivity contribution < 1.29 is 9.59 Å². The molecule has 0 aliphatic heterocycles. The summed E-state index contributed by atoms with van der Waals surface area (Å²) in [5.41, 5.74) is 2.27. The number of urea groups is 1. The molecule has 0 radical (unpaired) electrons. The van der Waals surface area contributed by atoms with Gasteiger partial charge in [0.2, 0.25) is 5.91 Å². The van der Waals surface area contributed by atoms with Crippen molar-refractivity contribution in [3.05, 3.63) is 78.9 Å². The van der Waals surface area contributed by atoms with Crippen LogP contribution in [0.1, 0.15) is 6.92 Å². The summed E-state index contributed by atoms with van der Waals surface area (Å²) in [4.78, 5) is 30.0. The molecule has 0 bridgehead atoms. The summed E-state index contributed by atoms with van der Waals surface area (Å²) in [6.07, 6.45) is 0. The molecule has 0 aliphatic rings. The van der Waals surface area contributed by atoms with Gasteiger partial charge in [0.1, 0.15) is 0 Å². The number of carbonyl (C=O) groups excluding carboxylic acids is 2. The van der Waals surface area contributed by atoms with Gasteiger partial charge in [-0.3, -0.25) is 4.79 Å². The summed E-state index contributed by atoms with van der Waals surface area (Å²) < 4.78 is 1.04. The molecule has 4 aromatic rings. The highest BCUT2D eigenvalue weighted by Crippen LogP contribution is 2.28. The summed E-state index contributed by atoms with van der Waals surface area (Å²) in [6, 6.07) is 24.1. The zero-order chi connectivity index (χ0) is 21.6. The van der Waals surface area contributed by atoms with Gasteiger partial charge in [-0.15, -0.1) is 11.8 Å². The van der Waals surface area contributed by atoms with Crippen molar-refractivity contribution >= 4 is 61.8 Å². The van der Waals surface area contributed by atoms with Crippen LogP contribution >= 0.6 is 23.1 Å². The molecule has 0 spiro atoms. The molecule has 4 rings (SSSR count). The maximum absolute atomic E-state index is 12.5. The lowest BCUT2D eigenvalue weighted by atomic mass is 10.3. The number of rotatable bonds is 6. The van der Waals surface area contributed by atoms with Crippen molar-refractivity contribution in [1.29, 1.82) is 0 Å². The van der Waals surface area contributed by atoms with Crippen LogP contribution in [0.5, 0.6) is 0 Å². The first kappa shape index (κ1) is 20.9. The van der Waals surface area contributed by atoms with Crippen LogP contribution in [0.3, 0.4) is 0 Å². The van der Waals surface area contributed by atoms with E-state index in [-0.39, 0.29) is 17.2 Å². The van der Waals surface area contributed by atoms with Crippen molar-refractivity contribution in [1.82, 2.24) is 4.98 Å². The van der Waals surface area contributed by atoms with E-state index in [1.807, 2.05) is 85.8 Å². The third-order valence-electron chi connectivity index (χ3n) is 4.35. The zero-order valence-corrected chi connectivity index (χ0v) is 18.3. The highest BCUT2D eigenvalue weighted by atomic mass is 32.2. The maximum atomic E-state index is 12.5. The van der Waals surface area contributed by atoms with Gasteiger partial charge in [0, 0.05) is 16.3 Å². The van der Waals surface area contributed by atoms with Crippen LogP contribution < -0.4 is 16.0 Å². The van der Waals surface area contributed by atoms with Gasteiger partial charge in [-0.25, -0.2) is 9.78 Å². The molecule has 0 fully saturated rings. The van der Waals surface area contributed by atoms with E-state index in [1.54, 1.807) is 0 Å². The number of nitrogens with one attached hydrogen (secondary N) is 3. The number of para-hydroxylation sites is 2. The molecule has 31 heavy (non-hydrogen) atoms. The third-order valence-corrected chi connectivity index (χ3v) is 6.41. The van der Waals surface area contributed by atoms with Crippen molar-refractivity contribution in [2.24, 2.45) is 0 Å². The fourth-order valence-electron chi connectivity index (χ4n) is 2.82. The topological polar surface area (TPSA) is 83.1 Å². The number of hydrogen-bond acceptors (Lipinski definition) is 5. The standard InChI is InChI=1S/C23H20N4O2S2/c1-15(21(28)27-23-26-19-9-5-6-10-20(19)31-23)30-18-13-11-17(12-14-18)25-22(29)24-16-7-3-2-4-8-16/h2-15H,1H3,(H2,24,25,29)(H,26,27,28). The first-order valence-corrected chi connectivity index (χ1v) is 11.3. The fourth-order valence-corrected chi connectivity index (χ4v) is 4.56. The highest BCUT2D eigenvalue weighted by molar-refractivity contribution is 8.00. The van der Waals surface area contributed by atoms with Gasteiger partial charge in [0.25, 0.3) is 0 Å². The Balaban J connectivity index is 1.30. The third kappa shape index (κ3) is 5.62. The zero-order valence-electron chi connectivity index (χ0n) is 16.7. The summed E-state index contributed by atoms with van der Waals surface area (Å²) in [5.74, 6) is -0.103. The normalized spacial score (nSPS) is 11.6. The SMILES string of the molecule is CC(Sc1ccc(NC(=O)Nc2ccccc2)cc1)C(=O)Nc1nc2ccccc2s1. The molecule has 1 heterocycles. The minimum absolute atomic E-state index is 0.103. The molecule has 1 unspecified atom stereocenters. The van der Waals surface area contributed by atoms with E-state index in [2.05, 4.69) is 20.9 Å².